The summed E-state index contributed by atoms with van der Waals surface area (Å²) in [5, 5.41) is 2.52. The van der Waals surface area contributed by atoms with Gasteiger partial charge in [0.1, 0.15) is 17.3 Å². The molecule has 1 aromatic carbocycles. The van der Waals surface area contributed by atoms with Crippen molar-refractivity contribution in [3.05, 3.63) is 41.8 Å². The van der Waals surface area contributed by atoms with Crippen LogP contribution in [0.3, 0.4) is 0 Å². The number of nitrogens with one attached hydrogen (secondary N) is 1. The largest absolute Gasteiger partial charge is 0.481 e. The van der Waals surface area contributed by atoms with Gasteiger partial charge in [0, 0.05) is 0 Å². The van der Waals surface area contributed by atoms with Gasteiger partial charge in [-0.1, -0.05) is 6.07 Å². The number of hydrogen-bond donors (Lipinski definition) is 1. The molecule has 8 nitrogen and oxygen atoms in total. The Morgan fingerprint density at radius 3 is 2.46 bits per heavy atom. The van der Waals surface area contributed by atoms with Gasteiger partial charge in [-0.3, -0.25) is 4.72 Å². The van der Waals surface area contributed by atoms with Crippen LogP contribution in [0, 0.1) is 17.6 Å². The van der Waals surface area contributed by atoms with Crippen LogP contribution in [0.4, 0.5) is 18.9 Å². The highest BCUT2D eigenvalue weighted by molar-refractivity contribution is 7.92. The van der Waals surface area contributed by atoms with E-state index in [-0.39, 0.29) is 5.88 Å². The molecule has 2 heterocycles. The number of fused-ring (bicyclic) bond motifs is 1. The Kier molecular flexibility index (Phi) is 3.75. The first-order valence-corrected chi connectivity index (χ1v) is 7.74. The first kappa shape index (κ1) is 16.0. The number of aromatic nitrogens is 4. The predicted octanol–water partition coefficient (Wildman–Crippen LogP) is 1.35. The van der Waals surface area contributed by atoms with E-state index in [0.29, 0.717) is 4.52 Å². The fraction of sp³-hybridized carbons (Fsp3) is 0.0833. The van der Waals surface area contributed by atoms with Crippen LogP contribution < -0.4 is 9.46 Å². The molecule has 0 spiro atoms. The summed E-state index contributed by atoms with van der Waals surface area (Å²) in [6, 6.07) is 3.66. The second-order valence-corrected chi connectivity index (χ2v) is 6.01. The number of rotatable bonds is 4. The van der Waals surface area contributed by atoms with E-state index in [4.69, 9.17) is 4.74 Å². The van der Waals surface area contributed by atoms with Crippen LogP contribution in [0.25, 0.3) is 5.78 Å². The molecule has 0 aliphatic heterocycles. The minimum Gasteiger partial charge on any atom is -0.481 e. The number of methoxy groups -OCH3 is 1. The molecule has 0 aliphatic rings. The average molecular weight is 359 g/mol. The molecule has 0 amide bonds. The molecule has 0 unspecified atom stereocenters. The van der Waals surface area contributed by atoms with Crippen molar-refractivity contribution in [3.8, 4) is 5.88 Å². The van der Waals surface area contributed by atoms with Gasteiger partial charge in [-0.25, -0.2) is 8.78 Å². The zero-order valence-corrected chi connectivity index (χ0v) is 12.7. The summed E-state index contributed by atoms with van der Waals surface area (Å²) in [6.45, 7) is 0. The van der Waals surface area contributed by atoms with Crippen molar-refractivity contribution in [1.29, 1.82) is 0 Å². The van der Waals surface area contributed by atoms with Gasteiger partial charge < -0.3 is 4.74 Å². The van der Waals surface area contributed by atoms with Crippen LogP contribution in [0.5, 0.6) is 5.88 Å². The summed E-state index contributed by atoms with van der Waals surface area (Å²) in [7, 11) is -3.35. The molecule has 0 aliphatic carbocycles. The Morgan fingerprint density at radius 2 is 1.83 bits per heavy atom. The summed E-state index contributed by atoms with van der Waals surface area (Å²) >= 11 is 0. The van der Waals surface area contributed by atoms with E-state index in [1.807, 2.05) is 0 Å². The van der Waals surface area contributed by atoms with Crippen molar-refractivity contribution in [2.45, 2.75) is 5.16 Å². The highest BCUT2D eigenvalue weighted by atomic mass is 32.2. The lowest BCUT2D eigenvalue weighted by Crippen LogP contribution is -2.17. The lowest BCUT2D eigenvalue weighted by Gasteiger charge is -2.06. The standard InChI is InChI=1S/C12H8F3N5O3S/c1-23-9-5-8(15)20-11(16-9)17-12(18-20)24(21,22)19-10-6(13)3-2-4-7(10)14/h2-5,19H,1H3. The first-order valence-electron chi connectivity index (χ1n) is 6.26. The van der Waals surface area contributed by atoms with Gasteiger partial charge in [0.2, 0.25) is 11.8 Å². The maximum atomic E-state index is 13.8. The number of anilines is 1. The summed E-state index contributed by atoms with van der Waals surface area (Å²) in [5.41, 5.74) is -0.901. The molecule has 2 aromatic heterocycles. The Hall–Kier alpha value is -2.89. The molecule has 3 rings (SSSR count). The molecule has 0 radical (unpaired) electrons. The van der Waals surface area contributed by atoms with E-state index in [1.54, 1.807) is 4.72 Å². The minimum absolute atomic E-state index is 0.149. The maximum absolute atomic E-state index is 13.8. The van der Waals surface area contributed by atoms with E-state index in [2.05, 4.69) is 15.1 Å². The van der Waals surface area contributed by atoms with Crippen molar-refractivity contribution < 1.29 is 26.3 Å². The second kappa shape index (κ2) is 5.63. The highest BCUT2D eigenvalue weighted by Crippen LogP contribution is 2.21. The van der Waals surface area contributed by atoms with E-state index in [1.165, 1.54) is 7.11 Å². The molecule has 3 aromatic rings. The normalized spacial score (nSPS) is 11.7. The van der Waals surface area contributed by atoms with Crippen LogP contribution in [0.2, 0.25) is 0 Å². The van der Waals surface area contributed by atoms with E-state index in [0.717, 1.165) is 24.3 Å². The van der Waals surface area contributed by atoms with Gasteiger partial charge in [-0.05, 0) is 12.1 Å². The number of para-hydroxylation sites is 1. The summed E-state index contributed by atoms with van der Waals surface area (Å²) in [4.78, 5) is 7.25. The third kappa shape index (κ3) is 2.71. The second-order valence-electron chi connectivity index (χ2n) is 4.43. The minimum atomic E-state index is -4.58. The number of nitrogens with zero attached hydrogens (tertiary/aromatic N) is 4. The van der Waals surface area contributed by atoms with Crippen molar-refractivity contribution in [3.63, 3.8) is 0 Å². The van der Waals surface area contributed by atoms with Crippen LogP contribution >= 0.6 is 0 Å². The van der Waals surface area contributed by atoms with Gasteiger partial charge in [-0.2, -0.15) is 27.3 Å². The summed E-state index contributed by atoms with van der Waals surface area (Å²) in [5.74, 6) is -3.80. The zero-order chi connectivity index (χ0) is 17.5. The maximum Gasteiger partial charge on any atom is 0.299 e. The molecule has 126 valence electrons. The quantitative estimate of drug-likeness (QED) is 0.706. The topological polar surface area (TPSA) is 98.5 Å². The van der Waals surface area contributed by atoms with Gasteiger partial charge in [0.05, 0.1) is 13.2 Å². The van der Waals surface area contributed by atoms with Gasteiger partial charge in [0.25, 0.3) is 21.0 Å². The average Bonchev–Trinajstić information content (AvgIpc) is 2.96. The number of halogens is 3. The molecular formula is C12H8F3N5O3S. The van der Waals surface area contributed by atoms with Gasteiger partial charge >= 0.3 is 0 Å². The number of ether oxygens (including phenoxy) is 1. The molecule has 0 bridgehead atoms. The first-order chi connectivity index (χ1) is 11.3. The van der Waals surface area contributed by atoms with Crippen LogP contribution in [0.1, 0.15) is 0 Å². The highest BCUT2D eigenvalue weighted by Gasteiger charge is 2.25. The fourth-order valence-electron chi connectivity index (χ4n) is 1.79. The zero-order valence-electron chi connectivity index (χ0n) is 11.9. The Bertz CT molecular complexity index is 1020. The van der Waals surface area contributed by atoms with Crippen LogP contribution in [-0.2, 0) is 10.0 Å². The van der Waals surface area contributed by atoms with Gasteiger partial charge in [-0.15, -0.1) is 5.10 Å². The molecule has 0 saturated heterocycles. The molecule has 24 heavy (non-hydrogen) atoms. The number of sulfonamides is 1. The molecular weight excluding hydrogens is 351 g/mol. The van der Waals surface area contributed by atoms with E-state index < -0.39 is 44.2 Å². The lowest BCUT2D eigenvalue weighted by molar-refractivity contribution is 0.390. The third-order valence-electron chi connectivity index (χ3n) is 2.87. The monoisotopic (exact) mass is 359 g/mol. The molecule has 1 N–H and O–H groups in total. The summed E-state index contributed by atoms with van der Waals surface area (Å²) < 4.78 is 72.2. The molecule has 0 saturated carbocycles. The third-order valence-corrected chi connectivity index (χ3v) is 4.00. The Labute approximate surface area is 133 Å². The van der Waals surface area contributed by atoms with Crippen molar-refractivity contribution in [1.82, 2.24) is 19.6 Å². The molecule has 0 fully saturated rings. The lowest BCUT2D eigenvalue weighted by atomic mass is 10.3. The molecule has 12 heteroatoms. The van der Waals surface area contributed by atoms with Crippen LogP contribution in [0.15, 0.2) is 29.4 Å². The van der Waals surface area contributed by atoms with Crippen molar-refractivity contribution in [2.75, 3.05) is 11.8 Å². The fourth-order valence-corrected chi connectivity index (χ4v) is 2.73. The van der Waals surface area contributed by atoms with E-state index in [9.17, 15) is 21.6 Å². The molecule has 0 atom stereocenters. The Balaban J connectivity index is 2.07. The van der Waals surface area contributed by atoms with Crippen molar-refractivity contribution >= 4 is 21.5 Å². The smallest absolute Gasteiger partial charge is 0.299 e. The Morgan fingerprint density at radius 1 is 1.17 bits per heavy atom. The predicted molar refractivity (Wildman–Crippen MR) is 74.5 cm³/mol. The number of hydrogen-bond acceptors (Lipinski definition) is 6. The van der Waals surface area contributed by atoms with E-state index >= 15 is 0 Å². The number of benzene rings is 1. The SMILES string of the molecule is COc1cc(F)n2nc(S(=O)(=O)Nc3c(F)cccc3F)nc2n1. The van der Waals surface area contributed by atoms with Crippen molar-refractivity contribution in [2.24, 2.45) is 0 Å². The van der Waals surface area contributed by atoms with Crippen LogP contribution in [-0.4, -0.2) is 35.1 Å². The summed E-state index contributed by atoms with van der Waals surface area (Å²) in [6.07, 6.45) is 0. The van der Waals surface area contributed by atoms with Gasteiger partial charge in [0.15, 0.2) is 0 Å².